The largest absolute Gasteiger partial charge is 0.481 e. The van der Waals surface area contributed by atoms with Crippen LogP contribution in [0.15, 0.2) is 0 Å². The van der Waals surface area contributed by atoms with Crippen LogP contribution in [0.1, 0.15) is 33.1 Å². The molecule has 0 unspecified atom stereocenters. The van der Waals surface area contributed by atoms with E-state index in [1.165, 1.54) is 0 Å². The van der Waals surface area contributed by atoms with Crippen LogP contribution < -0.4 is 11.1 Å². The highest BCUT2D eigenvalue weighted by molar-refractivity contribution is 6.06. The molecule has 0 aromatic carbocycles. The molecule has 0 saturated carbocycles. The van der Waals surface area contributed by atoms with Crippen LogP contribution >= 0.6 is 0 Å². The van der Waals surface area contributed by atoms with Gasteiger partial charge in [0.2, 0.25) is 11.8 Å². The van der Waals surface area contributed by atoms with E-state index in [2.05, 4.69) is 5.32 Å². The van der Waals surface area contributed by atoms with Gasteiger partial charge in [0, 0.05) is 13.0 Å². The molecule has 26 heavy (non-hydrogen) atoms. The van der Waals surface area contributed by atoms with E-state index < -0.39 is 47.5 Å². The van der Waals surface area contributed by atoms with E-state index >= 15 is 0 Å². The maximum Gasteiger partial charge on any atom is 0.326 e. The van der Waals surface area contributed by atoms with Crippen molar-refractivity contribution >= 4 is 29.5 Å². The number of carbonyl (C=O) groups is 5. The van der Waals surface area contributed by atoms with Crippen molar-refractivity contribution in [1.82, 2.24) is 10.2 Å². The van der Waals surface area contributed by atoms with Crippen molar-refractivity contribution in [3.63, 3.8) is 0 Å². The molecule has 1 fully saturated rings. The number of amides is 2. The quantitative estimate of drug-likeness (QED) is 0.348. The van der Waals surface area contributed by atoms with Gasteiger partial charge in [-0.3, -0.25) is 19.2 Å². The number of hydrogen-bond acceptors (Lipinski definition) is 6. The van der Waals surface area contributed by atoms with Crippen LogP contribution in [-0.2, 0) is 24.0 Å². The van der Waals surface area contributed by atoms with Gasteiger partial charge in [-0.1, -0.05) is 13.8 Å². The minimum absolute atomic E-state index is 0.112. The second-order valence-electron chi connectivity index (χ2n) is 6.56. The van der Waals surface area contributed by atoms with E-state index in [-0.39, 0.29) is 38.3 Å². The number of carboxylic acids is 2. The summed E-state index contributed by atoms with van der Waals surface area (Å²) in [7, 11) is 0. The molecule has 1 saturated heterocycles. The van der Waals surface area contributed by atoms with Crippen LogP contribution in [0, 0.1) is 11.8 Å². The van der Waals surface area contributed by atoms with E-state index in [1.54, 1.807) is 13.8 Å². The number of aliphatic carboxylic acids is 2. The van der Waals surface area contributed by atoms with Crippen LogP contribution in [0.5, 0.6) is 0 Å². The lowest BCUT2D eigenvalue weighted by molar-refractivity contribution is -0.152. The molecule has 0 aromatic rings. The topological polar surface area (TPSA) is 167 Å². The fourth-order valence-electron chi connectivity index (χ4n) is 3.07. The molecule has 2 amide bonds. The number of nitrogens with zero attached hydrogens (tertiary/aromatic N) is 1. The first kappa shape index (κ1) is 21.6. The summed E-state index contributed by atoms with van der Waals surface area (Å²) in [6.07, 6.45) is -0.415. The highest BCUT2D eigenvalue weighted by Gasteiger charge is 2.45. The molecule has 1 aliphatic rings. The fraction of sp³-hybridized carbons (Fsp3) is 0.688. The van der Waals surface area contributed by atoms with Crippen molar-refractivity contribution in [1.29, 1.82) is 0 Å². The number of likely N-dealkylation sites (tertiary alicyclic amines) is 1. The van der Waals surface area contributed by atoms with E-state index in [9.17, 15) is 29.1 Å². The summed E-state index contributed by atoms with van der Waals surface area (Å²) < 4.78 is 0. The van der Waals surface area contributed by atoms with Gasteiger partial charge in [0.15, 0.2) is 5.78 Å². The maximum atomic E-state index is 12.7. The van der Waals surface area contributed by atoms with Gasteiger partial charge in [0.25, 0.3) is 0 Å². The molecule has 1 rings (SSSR count). The Morgan fingerprint density at radius 1 is 1.27 bits per heavy atom. The zero-order valence-electron chi connectivity index (χ0n) is 14.8. The van der Waals surface area contributed by atoms with Gasteiger partial charge >= 0.3 is 11.9 Å². The zero-order chi connectivity index (χ0) is 20.0. The minimum atomic E-state index is -1.15. The normalized spacial score (nSPS) is 19.3. The van der Waals surface area contributed by atoms with Crippen LogP contribution in [0.2, 0.25) is 0 Å². The molecule has 0 spiro atoms. The molecular formula is C16H25N3O7. The summed E-state index contributed by atoms with van der Waals surface area (Å²) in [6.45, 7) is 3.06. The summed E-state index contributed by atoms with van der Waals surface area (Å²) in [5.41, 5.74) is 5.21. The van der Waals surface area contributed by atoms with Gasteiger partial charge in [-0.05, 0) is 18.8 Å². The van der Waals surface area contributed by atoms with E-state index in [1.807, 2.05) is 0 Å². The number of ketones is 1. The van der Waals surface area contributed by atoms with Crippen molar-refractivity contribution in [2.75, 3.05) is 13.1 Å². The molecular weight excluding hydrogens is 346 g/mol. The van der Waals surface area contributed by atoms with Crippen molar-refractivity contribution in [2.45, 2.75) is 45.2 Å². The average molecular weight is 371 g/mol. The fourth-order valence-corrected chi connectivity index (χ4v) is 3.07. The smallest absolute Gasteiger partial charge is 0.326 e. The Kier molecular flexibility index (Phi) is 7.69. The number of nitrogens with one attached hydrogen (secondary N) is 1. The first-order valence-electron chi connectivity index (χ1n) is 8.38. The maximum absolute atomic E-state index is 12.7. The van der Waals surface area contributed by atoms with Crippen LogP contribution in [0.3, 0.4) is 0 Å². The average Bonchev–Trinajstić information content (AvgIpc) is 2.91. The Morgan fingerprint density at radius 2 is 1.88 bits per heavy atom. The highest BCUT2D eigenvalue weighted by atomic mass is 16.4. The summed E-state index contributed by atoms with van der Waals surface area (Å²) in [5.74, 6) is -5.61. The molecule has 0 bridgehead atoms. The Hall–Kier alpha value is -2.49. The molecule has 10 heteroatoms. The van der Waals surface area contributed by atoms with Crippen molar-refractivity contribution in [3.8, 4) is 0 Å². The highest BCUT2D eigenvalue weighted by Crippen LogP contribution is 2.26. The molecule has 5 N–H and O–H groups in total. The van der Waals surface area contributed by atoms with Gasteiger partial charge in [0.05, 0.1) is 12.6 Å². The summed E-state index contributed by atoms with van der Waals surface area (Å²) in [6, 6.07) is -2.20. The summed E-state index contributed by atoms with van der Waals surface area (Å²) >= 11 is 0. The number of Topliss-reactive ketones (excluding diaryl/α,β-unsaturated/α-hetero) is 1. The van der Waals surface area contributed by atoms with Crippen molar-refractivity contribution < 1.29 is 34.2 Å². The molecule has 0 aromatic heterocycles. The van der Waals surface area contributed by atoms with E-state index in [0.717, 1.165) is 4.90 Å². The molecule has 0 aliphatic carbocycles. The first-order valence-corrected chi connectivity index (χ1v) is 8.38. The summed E-state index contributed by atoms with van der Waals surface area (Å²) in [5, 5.41) is 20.5. The minimum Gasteiger partial charge on any atom is -0.481 e. The summed E-state index contributed by atoms with van der Waals surface area (Å²) in [4.78, 5) is 60.1. The second-order valence-corrected chi connectivity index (χ2v) is 6.56. The van der Waals surface area contributed by atoms with Crippen molar-refractivity contribution in [2.24, 2.45) is 17.6 Å². The Labute approximate surface area is 150 Å². The van der Waals surface area contributed by atoms with Crippen molar-refractivity contribution in [3.05, 3.63) is 0 Å². The first-order chi connectivity index (χ1) is 12.1. The number of nitrogens with two attached hydrogens (primary N) is 1. The van der Waals surface area contributed by atoms with E-state index in [0.29, 0.717) is 0 Å². The second kappa shape index (κ2) is 9.27. The lowest BCUT2D eigenvalue weighted by Crippen LogP contribution is -2.50. The zero-order valence-corrected chi connectivity index (χ0v) is 14.8. The SMILES string of the molecule is CC(C)[C@@H](C(=O)O)N1CC[C@H](C(=O)[C@H](CCC(=O)O)NC(=O)CN)C1=O. The molecule has 1 aliphatic heterocycles. The van der Waals surface area contributed by atoms with Gasteiger partial charge in [-0.15, -0.1) is 0 Å². The van der Waals surface area contributed by atoms with Crippen LogP contribution in [-0.4, -0.2) is 69.8 Å². The van der Waals surface area contributed by atoms with Gasteiger partial charge in [-0.2, -0.15) is 0 Å². The Balaban J connectivity index is 2.94. The van der Waals surface area contributed by atoms with Gasteiger partial charge < -0.3 is 26.2 Å². The van der Waals surface area contributed by atoms with Crippen LogP contribution in [0.4, 0.5) is 0 Å². The standard InChI is InChI=1S/C16H25N3O7/c1-8(2)13(16(25)26)19-6-5-9(15(19)24)14(23)10(3-4-12(21)22)18-11(20)7-17/h8-10,13H,3-7,17H2,1-2H3,(H,18,20)(H,21,22)(H,25,26)/t9-,10+,13+/m1/s1. The Bertz CT molecular complexity index is 590. The molecule has 0 radical (unpaired) electrons. The van der Waals surface area contributed by atoms with Gasteiger partial charge in [-0.25, -0.2) is 4.79 Å². The predicted molar refractivity (Wildman–Crippen MR) is 88.9 cm³/mol. The van der Waals surface area contributed by atoms with Gasteiger partial charge in [0.1, 0.15) is 12.0 Å². The third kappa shape index (κ3) is 5.25. The molecule has 10 nitrogen and oxygen atoms in total. The number of hydrogen-bond donors (Lipinski definition) is 4. The number of carbonyl (C=O) groups excluding carboxylic acids is 3. The number of rotatable bonds is 10. The molecule has 3 atom stereocenters. The predicted octanol–water partition coefficient (Wildman–Crippen LogP) is -1.18. The van der Waals surface area contributed by atoms with Crippen LogP contribution in [0.25, 0.3) is 0 Å². The number of carboxylic acid groups (broad SMARTS) is 2. The third-order valence-electron chi connectivity index (χ3n) is 4.31. The Morgan fingerprint density at radius 3 is 2.35 bits per heavy atom. The lowest BCUT2D eigenvalue weighted by atomic mass is 9.93. The molecule has 146 valence electrons. The van der Waals surface area contributed by atoms with E-state index in [4.69, 9.17) is 10.8 Å². The molecule has 1 heterocycles. The lowest BCUT2D eigenvalue weighted by Gasteiger charge is -2.28. The monoisotopic (exact) mass is 371 g/mol. The third-order valence-corrected chi connectivity index (χ3v) is 4.31.